The van der Waals surface area contributed by atoms with Crippen molar-refractivity contribution in [2.75, 3.05) is 13.2 Å². The van der Waals surface area contributed by atoms with Crippen molar-refractivity contribution in [1.82, 2.24) is 0 Å². The van der Waals surface area contributed by atoms with Crippen molar-refractivity contribution < 1.29 is 28.6 Å². The average molecular weight is 974 g/mol. The fourth-order valence-corrected chi connectivity index (χ4v) is 9.56. The van der Waals surface area contributed by atoms with Crippen LogP contribution in [0.5, 0.6) is 0 Å². The maximum atomic E-state index is 12.9. The van der Waals surface area contributed by atoms with Gasteiger partial charge in [0.1, 0.15) is 13.2 Å². The van der Waals surface area contributed by atoms with Crippen LogP contribution in [0.3, 0.4) is 0 Å². The number of ether oxygens (including phenoxy) is 3. The lowest BCUT2D eigenvalue weighted by molar-refractivity contribution is -0.167. The Hall–Kier alpha value is -1.85. The molecule has 0 N–H and O–H groups in total. The first-order valence-corrected chi connectivity index (χ1v) is 31.2. The van der Waals surface area contributed by atoms with Crippen LogP contribution in [0, 0.1) is 0 Å². The standard InChI is InChI=1S/C63H120O6/c1-4-7-10-13-16-19-22-25-27-29-31-32-33-35-36-38-41-44-47-50-53-56-62(65)68-59-60(58-67-61(64)55-52-49-46-43-40-24-21-18-15-12-9-6-3)69-63(66)57-54-51-48-45-42-39-37-34-30-28-26-23-20-17-14-11-8-5-2/h28,30,60H,4-27,29,31-59H2,1-3H3/b30-28-. The molecule has 6 nitrogen and oxygen atoms in total. The van der Waals surface area contributed by atoms with Crippen LogP contribution in [0.4, 0.5) is 0 Å². The Balaban J connectivity index is 4.25. The van der Waals surface area contributed by atoms with E-state index in [2.05, 4.69) is 32.9 Å². The number of carbonyl (C=O) groups excluding carboxylic acids is 3. The summed E-state index contributed by atoms with van der Waals surface area (Å²) < 4.78 is 16.9. The van der Waals surface area contributed by atoms with Crippen molar-refractivity contribution in [3.8, 4) is 0 Å². The number of carbonyl (C=O) groups is 3. The van der Waals surface area contributed by atoms with Gasteiger partial charge in [0.15, 0.2) is 6.10 Å². The zero-order chi connectivity index (χ0) is 50.0. The molecule has 0 fully saturated rings. The van der Waals surface area contributed by atoms with Gasteiger partial charge in [0.25, 0.3) is 0 Å². The van der Waals surface area contributed by atoms with Crippen LogP contribution in [0.1, 0.15) is 355 Å². The molecule has 0 heterocycles. The molecule has 6 heteroatoms. The summed E-state index contributed by atoms with van der Waals surface area (Å²) in [5, 5.41) is 0. The number of unbranched alkanes of at least 4 members (excludes halogenated alkanes) is 45. The minimum absolute atomic E-state index is 0.0655. The predicted octanol–water partition coefficient (Wildman–Crippen LogP) is 20.9. The van der Waals surface area contributed by atoms with E-state index in [9.17, 15) is 14.4 Å². The van der Waals surface area contributed by atoms with Gasteiger partial charge in [-0.15, -0.1) is 0 Å². The van der Waals surface area contributed by atoms with Gasteiger partial charge in [0.05, 0.1) is 0 Å². The van der Waals surface area contributed by atoms with Crippen LogP contribution in [-0.2, 0) is 28.6 Å². The number of rotatable bonds is 58. The lowest BCUT2D eigenvalue weighted by Crippen LogP contribution is -2.30. The van der Waals surface area contributed by atoms with E-state index in [1.54, 1.807) is 0 Å². The highest BCUT2D eigenvalue weighted by atomic mass is 16.6. The smallest absolute Gasteiger partial charge is 0.306 e. The summed E-state index contributed by atoms with van der Waals surface area (Å²) in [5.41, 5.74) is 0. The van der Waals surface area contributed by atoms with Gasteiger partial charge in [-0.3, -0.25) is 14.4 Å². The summed E-state index contributed by atoms with van der Waals surface area (Å²) in [6, 6.07) is 0. The van der Waals surface area contributed by atoms with E-state index in [-0.39, 0.29) is 31.1 Å². The van der Waals surface area contributed by atoms with Crippen LogP contribution in [0.15, 0.2) is 12.2 Å². The third kappa shape index (κ3) is 56.9. The van der Waals surface area contributed by atoms with Gasteiger partial charge in [-0.1, -0.05) is 303 Å². The van der Waals surface area contributed by atoms with E-state index in [4.69, 9.17) is 14.2 Å². The van der Waals surface area contributed by atoms with Crippen molar-refractivity contribution in [2.24, 2.45) is 0 Å². The summed E-state index contributed by atoms with van der Waals surface area (Å²) in [7, 11) is 0. The fourth-order valence-electron chi connectivity index (χ4n) is 9.56. The molecule has 1 unspecified atom stereocenters. The Morgan fingerprint density at radius 3 is 0.725 bits per heavy atom. The zero-order valence-electron chi connectivity index (χ0n) is 46.9. The first kappa shape index (κ1) is 67.1. The third-order valence-electron chi connectivity index (χ3n) is 14.3. The molecule has 0 aromatic carbocycles. The Morgan fingerprint density at radius 2 is 0.478 bits per heavy atom. The van der Waals surface area contributed by atoms with Gasteiger partial charge in [0.2, 0.25) is 0 Å². The maximum absolute atomic E-state index is 12.9. The van der Waals surface area contributed by atoms with Crippen LogP contribution < -0.4 is 0 Å². The van der Waals surface area contributed by atoms with Gasteiger partial charge in [-0.25, -0.2) is 0 Å². The van der Waals surface area contributed by atoms with E-state index in [1.807, 2.05) is 0 Å². The maximum Gasteiger partial charge on any atom is 0.306 e. The molecule has 0 radical (unpaired) electrons. The molecule has 0 amide bonds. The topological polar surface area (TPSA) is 78.9 Å². The molecule has 0 aliphatic rings. The molecule has 69 heavy (non-hydrogen) atoms. The summed E-state index contributed by atoms with van der Waals surface area (Å²) >= 11 is 0. The van der Waals surface area contributed by atoms with Crippen molar-refractivity contribution >= 4 is 17.9 Å². The molecule has 0 aliphatic carbocycles. The zero-order valence-corrected chi connectivity index (χ0v) is 46.9. The normalized spacial score (nSPS) is 12.0. The summed E-state index contributed by atoms with van der Waals surface area (Å²) in [6.45, 7) is 6.70. The second-order valence-electron chi connectivity index (χ2n) is 21.3. The van der Waals surface area contributed by atoms with E-state index in [1.165, 1.54) is 257 Å². The molecular formula is C63H120O6. The molecule has 408 valence electrons. The lowest BCUT2D eigenvalue weighted by atomic mass is 10.0. The molecule has 1 atom stereocenters. The van der Waals surface area contributed by atoms with Gasteiger partial charge < -0.3 is 14.2 Å². The van der Waals surface area contributed by atoms with Gasteiger partial charge >= 0.3 is 17.9 Å². The van der Waals surface area contributed by atoms with Crippen LogP contribution in [0.2, 0.25) is 0 Å². The molecule has 0 spiro atoms. The predicted molar refractivity (Wildman–Crippen MR) is 298 cm³/mol. The molecule has 0 aliphatic heterocycles. The van der Waals surface area contributed by atoms with Gasteiger partial charge in [-0.05, 0) is 44.9 Å². The highest BCUT2D eigenvalue weighted by Gasteiger charge is 2.19. The first-order chi connectivity index (χ1) is 34.0. The van der Waals surface area contributed by atoms with E-state index < -0.39 is 6.10 Å². The third-order valence-corrected chi connectivity index (χ3v) is 14.3. The number of allylic oxidation sites excluding steroid dienone is 2. The second-order valence-corrected chi connectivity index (χ2v) is 21.3. The Bertz CT molecular complexity index is 1070. The van der Waals surface area contributed by atoms with E-state index in [0.717, 1.165) is 57.8 Å². The quantitative estimate of drug-likeness (QED) is 0.0261. The molecular weight excluding hydrogens is 853 g/mol. The SMILES string of the molecule is CCCCCCCCC/C=C\CCCCCCCCCC(=O)OC(COC(=O)CCCCCCCCCCCCCC)COC(=O)CCCCCCCCCCCCCCCCCCCCCCC. The van der Waals surface area contributed by atoms with E-state index >= 15 is 0 Å². The Labute approximate surface area is 431 Å². The Morgan fingerprint density at radius 1 is 0.275 bits per heavy atom. The number of hydrogen-bond donors (Lipinski definition) is 0. The Kier molecular flexibility index (Phi) is 57.1. The summed E-state index contributed by atoms with van der Waals surface area (Å²) in [4.78, 5) is 38.2. The van der Waals surface area contributed by atoms with Crippen molar-refractivity contribution in [3.05, 3.63) is 12.2 Å². The minimum Gasteiger partial charge on any atom is -0.462 e. The molecule has 0 bridgehead atoms. The van der Waals surface area contributed by atoms with Crippen LogP contribution in [-0.4, -0.2) is 37.2 Å². The largest absolute Gasteiger partial charge is 0.462 e. The van der Waals surface area contributed by atoms with Crippen LogP contribution in [0.25, 0.3) is 0 Å². The minimum atomic E-state index is -0.767. The molecule has 0 aromatic heterocycles. The van der Waals surface area contributed by atoms with Gasteiger partial charge in [-0.2, -0.15) is 0 Å². The highest BCUT2D eigenvalue weighted by molar-refractivity contribution is 5.71. The molecule has 0 saturated heterocycles. The average Bonchev–Trinajstić information content (AvgIpc) is 3.35. The van der Waals surface area contributed by atoms with Crippen molar-refractivity contribution in [1.29, 1.82) is 0 Å². The highest BCUT2D eigenvalue weighted by Crippen LogP contribution is 2.18. The van der Waals surface area contributed by atoms with Gasteiger partial charge in [0, 0.05) is 19.3 Å². The molecule has 0 saturated carbocycles. The second kappa shape index (κ2) is 58.7. The monoisotopic (exact) mass is 973 g/mol. The fraction of sp³-hybridized carbons (Fsp3) is 0.921. The van der Waals surface area contributed by atoms with Crippen molar-refractivity contribution in [3.63, 3.8) is 0 Å². The molecule has 0 rings (SSSR count). The van der Waals surface area contributed by atoms with Crippen molar-refractivity contribution in [2.45, 2.75) is 361 Å². The van der Waals surface area contributed by atoms with Crippen LogP contribution >= 0.6 is 0 Å². The number of hydrogen-bond acceptors (Lipinski definition) is 6. The molecule has 0 aromatic rings. The van der Waals surface area contributed by atoms with E-state index in [0.29, 0.717) is 19.3 Å². The number of esters is 3. The summed E-state index contributed by atoms with van der Waals surface area (Å²) in [6.07, 6.45) is 67.8. The first-order valence-electron chi connectivity index (χ1n) is 31.2. The lowest BCUT2D eigenvalue weighted by Gasteiger charge is -2.18. The summed E-state index contributed by atoms with van der Waals surface area (Å²) in [5.74, 6) is -0.842.